The monoisotopic (exact) mass is 284 g/mol. The molecule has 1 aliphatic rings. The van der Waals surface area contributed by atoms with Gasteiger partial charge in [-0.3, -0.25) is 20.4 Å². The predicted octanol–water partition coefficient (Wildman–Crippen LogP) is 2.02. The second-order valence-corrected chi connectivity index (χ2v) is 5.12. The summed E-state index contributed by atoms with van der Waals surface area (Å²) in [4.78, 5) is 23.8. The number of carbonyl (C=O) groups excluding carboxylic acids is 2. The Bertz CT molecular complexity index is 708. The van der Waals surface area contributed by atoms with Crippen LogP contribution in [0.3, 0.4) is 0 Å². The van der Waals surface area contributed by atoms with Crippen molar-refractivity contribution in [3.8, 4) is 5.75 Å². The summed E-state index contributed by atoms with van der Waals surface area (Å²) < 4.78 is 5.27. The first-order chi connectivity index (χ1) is 10.2. The first-order valence-corrected chi connectivity index (χ1v) is 6.86. The third-order valence-corrected chi connectivity index (χ3v) is 3.56. The second kappa shape index (κ2) is 5.44. The van der Waals surface area contributed by atoms with Crippen LogP contribution in [0.4, 0.5) is 0 Å². The summed E-state index contributed by atoms with van der Waals surface area (Å²) in [6.07, 6.45) is 1.78. The standard InChI is InChI=1S/C16H16N2O3/c1-21-14-9-12-5-3-2-4-11(12)8-13(14)16(20)18-17-15(19)10-6-7-10/h2-5,8-10H,6-7H2,1H3,(H,17,19)(H,18,20). The molecule has 0 bridgehead atoms. The van der Waals surface area contributed by atoms with Gasteiger partial charge >= 0.3 is 0 Å². The van der Waals surface area contributed by atoms with Crippen LogP contribution in [0.5, 0.6) is 5.75 Å². The smallest absolute Gasteiger partial charge is 0.273 e. The molecule has 2 aromatic carbocycles. The van der Waals surface area contributed by atoms with E-state index in [9.17, 15) is 9.59 Å². The lowest BCUT2D eigenvalue weighted by molar-refractivity contribution is -0.123. The molecule has 3 rings (SSSR count). The van der Waals surface area contributed by atoms with Crippen molar-refractivity contribution in [3.05, 3.63) is 42.0 Å². The number of hydrogen-bond acceptors (Lipinski definition) is 3. The molecular formula is C16H16N2O3. The lowest BCUT2D eigenvalue weighted by atomic mass is 10.1. The molecule has 2 amide bonds. The maximum atomic E-state index is 12.2. The zero-order valence-electron chi connectivity index (χ0n) is 11.7. The summed E-state index contributed by atoms with van der Waals surface area (Å²) in [7, 11) is 1.52. The van der Waals surface area contributed by atoms with E-state index < -0.39 is 0 Å². The summed E-state index contributed by atoms with van der Waals surface area (Å²) in [5.74, 6) is 0.00498. The Morgan fingerprint density at radius 1 is 1.10 bits per heavy atom. The molecule has 108 valence electrons. The highest BCUT2D eigenvalue weighted by molar-refractivity contribution is 6.02. The number of hydrazine groups is 1. The average Bonchev–Trinajstić information content (AvgIpc) is 3.35. The van der Waals surface area contributed by atoms with Crippen molar-refractivity contribution in [1.82, 2.24) is 10.9 Å². The SMILES string of the molecule is COc1cc2ccccc2cc1C(=O)NNC(=O)C1CC1. The van der Waals surface area contributed by atoms with E-state index in [0.29, 0.717) is 11.3 Å². The van der Waals surface area contributed by atoms with Gasteiger partial charge in [-0.1, -0.05) is 24.3 Å². The lowest BCUT2D eigenvalue weighted by Gasteiger charge is -2.11. The molecule has 0 saturated heterocycles. The van der Waals surface area contributed by atoms with Crippen molar-refractivity contribution in [2.24, 2.45) is 5.92 Å². The number of hydrogen-bond donors (Lipinski definition) is 2. The van der Waals surface area contributed by atoms with Crippen molar-refractivity contribution in [1.29, 1.82) is 0 Å². The molecule has 21 heavy (non-hydrogen) atoms. The molecule has 0 aliphatic heterocycles. The van der Waals surface area contributed by atoms with Crippen molar-refractivity contribution < 1.29 is 14.3 Å². The summed E-state index contributed by atoms with van der Waals surface area (Å²) >= 11 is 0. The van der Waals surface area contributed by atoms with Gasteiger partial charge in [0.25, 0.3) is 5.91 Å². The largest absolute Gasteiger partial charge is 0.496 e. The number of fused-ring (bicyclic) bond motifs is 1. The predicted molar refractivity (Wildman–Crippen MR) is 78.8 cm³/mol. The average molecular weight is 284 g/mol. The van der Waals surface area contributed by atoms with Crippen LogP contribution < -0.4 is 15.6 Å². The Hall–Kier alpha value is -2.56. The number of ether oxygens (including phenoxy) is 1. The van der Waals surface area contributed by atoms with Gasteiger partial charge in [0.1, 0.15) is 5.75 Å². The Labute approximate surface area is 122 Å². The van der Waals surface area contributed by atoms with Gasteiger partial charge in [0, 0.05) is 5.92 Å². The van der Waals surface area contributed by atoms with E-state index in [2.05, 4.69) is 10.9 Å². The Kier molecular flexibility index (Phi) is 3.48. The van der Waals surface area contributed by atoms with Gasteiger partial charge < -0.3 is 4.74 Å². The Balaban J connectivity index is 1.83. The molecule has 0 heterocycles. The molecule has 0 atom stereocenters. The van der Waals surface area contributed by atoms with Gasteiger partial charge in [0.05, 0.1) is 12.7 Å². The molecule has 2 aromatic rings. The minimum absolute atomic E-state index is 0.0452. The molecule has 0 spiro atoms. The first kappa shape index (κ1) is 13.4. The number of benzene rings is 2. The van der Waals surface area contributed by atoms with Gasteiger partial charge in [0.2, 0.25) is 5.91 Å². The molecule has 1 aliphatic carbocycles. The fourth-order valence-corrected chi connectivity index (χ4v) is 2.20. The highest BCUT2D eigenvalue weighted by Crippen LogP contribution is 2.28. The number of nitrogens with one attached hydrogen (secondary N) is 2. The van der Waals surface area contributed by atoms with E-state index >= 15 is 0 Å². The van der Waals surface area contributed by atoms with E-state index in [0.717, 1.165) is 23.6 Å². The van der Waals surface area contributed by atoms with Crippen LogP contribution in [-0.4, -0.2) is 18.9 Å². The van der Waals surface area contributed by atoms with Crippen LogP contribution in [0.25, 0.3) is 10.8 Å². The number of carbonyl (C=O) groups is 2. The maximum absolute atomic E-state index is 12.2. The van der Waals surface area contributed by atoms with Crippen molar-refractivity contribution in [2.45, 2.75) is 12.8 Å². The minimum atomic E-state index is -0.383. The van der Waals surface area contributed by atoms with Crippen LogP contribution in [0, 0.1) is 5.92 Å². The molecule has 0 aromatic heterocycles. The molecular weight excluding hydrogens is 268 g/mol. The third-order valence-electron chi connectivity index (χ3n) is 3.56. The van der Waals surface area contributed by atoms with Crippen molar-refractivity contribution >= 4 is 22.6 Å². The van der Waals surface area contributed by atoms with Crippen LogP contribution in [0.1, 0.15) is 23.2 Å². The second-order valence-electron chi connectivity index (χ2n) is 5.12. The summed E-state index contributed by atoms with van der Waals surface area (Å²) in [5.41, 5.74) is 5.28. The van der Waals surface area contributed by atoms with Crippen LogP contribution in [-0.2, 0) is 4.79 Å². The van der Waals surface area contributed by atoms with E-state index in [-0.39, 0.29) is 17.7 Å². The van der Waals surface area contributed by atoms with E-state index in [1.807, 2.05) is 30.3 Å². The van der Waals surface area contributed by atoms with Crippen LogP contribution in [0.2, 0.25) is 0 Å². The van der Waals surface area contributed by atoms with Crippen LogP contribution in [0.15, 0.2) is 36.4 Å². The zero-order chi connectivity index (χ0) is 14.8. The number of rotatable bonds is 3. The van der Waals surface area contributed by atoms with Gasteiger partial charge in [0.15, 0.2) is 0 Å². The summed E-state index contributed by atoms with van der Waals surface area (Å²) in [5, 5.41) is 1.94. The highest BCUT2D eigenvalue weighted by Gasteiger charge is 2.30. The third kappa shape index (κ3) is 2.81. The summed E-state index contributed by atoms with van der Waals surface area (Å²) in [6, 6.07) is 11.3. The topological polar surface area (TPSA) is 67.4 Å². The number of methoxy groups -OCH3 is 1. The quantitative estimate of drug-likeness (QED) is 0.847. The normalized spacial score (nSPS) is 13.8. The minimum Gasteiger partial charge on any atom is -0.496 e. The van der Waals surface area contributed by atoms with Gasteiger partial charge in [-0.05, 0) is 35.7 Å². The molecule has 5 heteroatoms. The van der Waals surface area contributed by atoms with E-state index in [4.69, 9.17) is 4.74 Å². The Morgan fingerprint density at radius 2 is 1.76 bits per heavy atom. The Morgan fingerprint density at radius 3 is 2.38 bits per heavy atom. The molecule has 0 radical (unpaired) electrons. The maximum Gasteiger partial charge on any atom is 0.273 e. The van der Waals surface area contributed by atoms with Crippen LogP contribution >= 0.6 is 0 Å². The first-order valence-electron chi connectivity index (χ1n) is 6.86. The zero-order valence-corrected chi connectivity index (χ0v) is 11.7. The lowest BCUT2D eigenvalue weighted by Crippen LogP contribution is -2.42. The van der Waals surface area contributed by atoms with E-state index in [1.54, 1.807) is 6.07 Å². The van der Waals surface area contributed by atoms with Gasteiger partial charge in [-0.15, -0.1) is 0 Å². The summed E-state index contributed by atoms with van der Waals surface area (Å²) in [6.45, 7) is 0. The van der Waals surface area contributed by atoms with Crippen molar-refractivity contribution in [2.75, 3.05) is 7.11 Å². The fourth-order valence-electron chi connectivity index (χ4n) is 2.20. The molecule has 1 fully saturated rings. The molecule has 0 unspecified atom stereocenters. The molecule has 5 nitrogen and oxygen atoms in total. The fraction of sp³-hybridized carbons (Fsp3) is 0.250. The van der Waals surface area contributed by atoms with E-state index in [1.165, 1.54) is 7.11 Å². The van der Waals surface area contributed by atoms with Gasteiger partial charge in [-0.25, -0.2) is 0 Å². The number of amides is 2. The van der Waals surface area contributed by atoms with Crippen molar-refractivity contribution in [3.63, 3.8) is 0 Å². The van der Waals surface area contributed by atoms with Gasteiger partial charge in [-0.2, -0.15) is 0 Å². The highest BCUT2D eigenvalue weighted by atomic mass is 16.5. The molecule has 1 saturated carbocycles. The molecule has 2 N–H and O–H groups in total.